The highest BCUT2D eigenvalue weighted by molar-refractivity contribution is 5.90. The van der Waals surface area contributed by atoms with Gasteiger partial charge in [0.25, 0.3) is 0 Å². The zero-order chi connectivity index (χ0) is 13.0. The number of carboxylic acid groups (broad SMARTS) is 1. The molecular formula is C12H18N4O2. The zero-order valence-corrected chi connectivity index (χ0v) is 10.5. The third-order valence-corrected chi connectivity index (χ3v) is 3.19. The lowest BCUT2D eigenvalue weighted by molar-refractivity contribution is 0.0691. The summed E-state index contributed by atoms with van der Waals surface area (Å²) in [6, 6.07) is 0.244. The first-order valence-electron chi connectivity index (χ1n) is 6.24. The Kier molecular flexibility index (Phi) is 4.09. The number of hydrogen-bond donors (Lipinski definition) is 2. The number of carboxylic acids is 1. The molecule has 1 aliphatic heterocycles. The fourth-order valence-corrected chi connectivity index (χ4v) is 2.25. The van der Waals surface area contributed by atoms with Crippen LogP contribution in [0.3, 0.4) is 0 Å². The molecule has 1 saturated heterocycles. The quantitative estimate of drug-likeness (QED) is 0.832. The molecule has 2 N–H and O–H groups in total. The van der Waals surface area contributed by atoms with Crippen LogP contribution in [0.15, 0.2) is 12.4 Å². The second kappa shape index (κ2) is 5.77. The van der Waals surface area contributed by atoms with Gasteiger partial charge in [0.15, 0.2) is 11.5 Å². The number of rotatable bonds is 4. The van der Waals surface area contributed by atoms with E-state index >= 15 is 0 Å². The van der Waals surface area contributed by atoms with E-state index < -0.39 is 5.97 Å². The molecule has 98 valence electrons. The number of likely N-dealkylation sites (tertiary alicyclic amines) is 1. The Morgan fingerprint density at radius 2 is 2.33 bits per heavy atom. The first-order valence-corrected chi connectivity index (χ1v) is 6.24. The van der Waals surface area contributed by atoms with Crippen molar-refractivity contribution >= 4 is 11.8 Å². The molecule has 2 rings (SSSR count). The van der Waals surface area contributed by atoms with Crippen molar-refractivity contribution in [3.05, 3.63) is 18.1 Å². The molecule has 0 amide bonds. The normalized spacial score (nSPS) is 20.6. The van der Waals surface area contributed by atoms with Crippen molar-refractivity contribution in [3.63, 3.8) is 0 Å². The number of anilines is 1. The molecule has 0 saturated carbocycles. The van der Waals surface area contributed by atoms with E-state index in [1.54, 1.807) is 0 Å². The Bertz CT molecular complexity index is 424. The van der Waals surface area contributed by atoms with Crippen molar-refractivity contribution in [1.82, 2.24) is 14.9 Å². The number of likely N-dealkylation sites (N-methyl/N-ethyl adjacent to an activating group) is 1. The average Bonchev–Trinajstić information content (AvgIpc) is 2.39. The molecular weight excluding hydrogens is 232 g/mol. The summed E-state index contributed by atoms with van der Waals surface area (Å²) in [6.45, 7) is 5.19. The van der Waals surface area contributed by atoms with Crippen molar-refractivity contribution in [2.75, 3.05) is 25.0 Å². The Labute approximate surface area is 106 Å². The fraction of sp³-hybridized carbons (Fsp3) is 0.583. The van der Waals surface area contributed by atoms with Crippen LogP contribution in [0.5, 0.6) is 0 Å². The van der Waals surface area contributed by atoms with Gasteiger partial charge in [-0.2, -0.15) is 0 Å². The van der Waals surface area contributed by atoms with Gasteiger partial charge >= 0.3 is 5.97 Å². The lowest BCUT2D eigenvalue weighted by Gasteiger charge is -2.32. The van der Waals surface area contributed by atoms with Crippen LogP contribution < -0.4 is 5.32 Å². The maximum absolute atomic E-state index is 11.0. The van der Waals surface area contributed by atoms with Crippen molar-refractivity contribution in [2.45, 2.75) is 25.8 Å². The lowest BCUT2D eigenvalue weighted by Crippen LogP contribution is -2.42. The van der Waals surface area contributed by atoms with Gasteiger partial charge < -0.3 is 15.3 Å². The number of aromatic carboxylic acids is 1. The highest BCUT2D eigenvalue weighted by atomic mass is 16.4. The number of carbonyl (C=O) groups is 1. The smallest absolute Gasteiger partial charge is 0.358 e. The van der Waals surface area contributed by atoms with Crippen LogP contribution in [0.2, 0.25) is 0 Å². The van der Waals surface area contributed by atoms with E-state index in [0.717, 1.165) is 32.5 Å². The Balaban J connectivity index is 2.07. The molecule has 1 aromatic heterocycles. The van der Waals surface area contributed by atoms with E-state index in [0.29, 0.717) is 5.82 Å². The van der Waals surface area contributed by atoms with E-state index in [1.165, 1.54) is 12.4 Å². The molecule has 1 aliphatic rings. The standard InChI is InChI=1S/C12H18N4O2/c1-2-16-7-3-4-9(8-16)15-11-10(12(17)18)13-5-6-14-11/h5-6,9H,2-4,7-8H2,1H3,(H,14,15)(H,17,18). The minimum atomic E-state index is -1.05. The highest BCUT2D eigenvalue weighted by Gasteiger charge is 2.21. The van der Waals surface area contributed by atoms with Crippen LogP contribution in [-0.4, -0.2) is 51.6 Å². The SMILES string of the molecule is CCN1CCCC(Nc2nccnc2C(=O)O)C1. The summed E-state index contributed by atoms with van der Waals surface area (Å²) < 4.78 is 0. The van der Waals surface area contributed by atoms with Gasteiger partial charge in [-0.25, -0.2) is 14.8 Å². The number of aromatic nitrogens is 2. The van der Waals surface area contributed by atoms with Crippen LogP contribution in [0.4, 0.5) is 5.82 Å². The summed E-state index contributed by atoms with van der Waals surface area (Å²) in [5.41, 5.74) is -0.00822. The van der Waals surface area contributed by atoms with Gasteiger partial charge in [0.05, 0.1) is 0 Å². The molecule has 1 fully saturated rings. The third-order valence-electron chi connectivity index (χ3n) is 3.19. The van der Waals surface area contributed by atoms with E-state index in [1.807, 2.05) is 0 Å². The van der Waals surface area contributed by atoms with Crippen molar-refractivity contribution in [3.8, 4) is 0 Å². The molecule has 0 spiro atoms. The van der Waals surface area contributed by atoms with Crippen molar-refractivity contribution in [2.24, 2.45) is 0 Å². The molecule has 1 atom stereocenters. The minimum absolute atomic E-state index is 0.00822. The van der Waals surface area contributed by atoms with E-state index in [9.17, 15) is 4.79 Å². The number of hydrogen-bond acceptors (Lipinski definition) is 5. The van der Waals surface area contributed by atoms with E-state index in [-0.39, 0.29) is 11.7 Å². The maximum atomic E-state index is 11.0. The van der Waals surface area contributed by atoms with Gasteiger partial charge in [-0.15, -0.1) is 0 Å². The van der Waals surface area contributed by atoms with E-state index in [4.69, 9.17) is 5.11 Å². The Morgan fingerprint density at radius 1 is 1.56 bits per heavy atom. The van der Waals surface area contributed by atoms with Crippen molar-refractivity contribution < 1.29 is 9.90 Å². The summed E-state index contributed by atoms with van der Waals surface area (Å²) in [5, 5.41) is 12.2. The molecule has 6 heteroatoms. The molecule has 0 aliphatic carbocycles. The Morgan fingerprint density at radius 3 is 3.06 bits per heavy atom. The molecule has 6 nitrogen and oxygen atoms in total. The molecule has 2 heterocycles. The summed E-state index contributed by atoms with van der Waals surface area (Å²) >= 11 is 0. The predicted octanol–water partition coefficient (Wildman–Crippen LogP) is 1.07. The molecule has 0 radical (unpaired) electrons. The molecule has 1 unspecified atom stereocenters. The number of piperidine rings is 1. The Hall–Kier alpha value is -1.69. The number of nitrogens with zero attached hydrogens (tertiary/aromatic N) is 3. The largest absolute Gasteiger partial charge is 0.476 e. The molecule has 0 bridgehead atoms. The molecule has 0 aromatic carbocycles. The van der Waals surface area contributed by atoms with Gasteiger partial charge in [-0.1, -0.05) is 6.92 Å². The highest BCUT2D eigenvalue weighted by Crippen LogP contribution is 2.16. The second-order valence-electron chi connectivity index (χ2n) is 4.44. The van der Waals surface area contributed by atoms with Gasteiger partial charge in [-0.05, 0) is 25.9 Å². The van der Waals surface area contributed by atoms with Gasteiger partial charge in [0.1, 0.15) is 0 Å². The second-order valence-corrected chi connectivity index (χ2v) is 4.44. The van der Waals surface area contributed by atoms with E-state index in [2.05, 4.69) is 27.1 Å². The van der Waals surface area contributed by atoms with Gasteiger partial charge in [0, 0.05) is 25.0 Å². The maximum Gasteiger partial charge on any atom is 0.358 e. The molecule has 1 aromatic rings. The van der Waals surface area contributed by atoms with Gasteiger partial charge in [-0.3, -0.25) is 0 Å². The summed E-state index contributed by atoms with van der Waals surface area (Å²) in [4.78, 5) is 21.3. The van der Waals surface area contributed by atoms with Crippen LogP contribution in [0.25, 0.3) is 0 Å². The summed E-state index contributed by atoms with van der Waals surface area (Å²) in [5.74, 6) is -0.679. The monoisotopic (exact) mass is 250 g/mol. The summed E-state index contributed by atoms with van der Waals surface area (Å²) in [6.07, 6.45) is 5.06. The molecule has 18 heavy (non-hydrogen) atoms. The predicted molar refractivity (Wildman–Crippen MR) is 67.8 cm³/mol. The van der Waals surface area contributed by atoms with Crippen LogP contribution in [0, 0.1) is 0 Å². The lowest BCUT2D eigenvalue weighted by atomic mass is 10.1. The fourth-order valence-electron chi connectivity index (χ4n) is 2.25. The zero-order valence-electron chi connectivity index (χ0n) is 10.5. The summed E-state index contributed by atoms with van der Waals surface area (Å²) in [7, 11) is 0. The minimum Gasteiger partial charge on any atom is -0.476 e. The van der Waals surface area contributed by atoms with Crippen LogP contribution in [0.1, 0.15) is 30.3 Å². The van der Waals surface area contributed by atoms with Crippen molar-refractivity contribution in [1.29, 1.82) is 0 Å². The number of nitrogens with one attached hydrogen (secondary N) is 1. The first-order chi connectivity index (χ1) is 8.70. The average molecular weight is 250 g/mol. The van der Waals surface area contributed by atoms with Gasteiger partial charge in [0.2, 0.25) is 0 Å². The van der Waals surface area contributed by atoms with Crippen LogP contribution >= 0.6 is 0 Å². The topological polar surface area (TPSA) is 78.3 Å². The third kappa shape index (κ3) is 2.95. The van der Waals surface area contributed by atoms with Crippen LogP contribution in [-0.2, 0) is 0 Å². The first kappa shape index (κ1) is 12.8.